The van der Waals surface area contributed by atoms with Gasteiger partial charge in [0.2, 0.25) is 5.91 Å². The van der Waals surface area contributed by atoms with Crippen molar-refractivity contribution in [2.24, 2.45) is 0 Å². The average Bonchev–Trinajstić information content (AvgIpc) is 2.78. The van der Waals surface area contributed by atoms with Crippen LogP contribution in [0.25, 0.3) is 0 Å². The lowest BCUT2D eigenvalue weighted by Crippen LogP contribution is -2.20. The largest absolute Gasteiger partial charge is 0.496 e. The molecule has 116 valence electrons. The van der Waals surface area contributed by atoms with Gasteiger partial charge in [-0.05, 0) is 6.92 Å². The number of amides is 1. The number of benzene rings is 1. The molecule has 1 N–H and O–H groups in total. The Hall–Kier alpha value is -2.61. The Morgan fingerprint density at radius 3 is 2.77 bits per heavy atom. The molecule has 0 fully saturated rings. The van der Waals surface area contributed by atoms with Gasteiger partial charge in [-0.25, -0.2) is 0 Å². The first-order valence-corrected chi connectivity index (χ1v) is 6.59. The number of hydrogen-bond acceptors (Lipinski definition) is 5. The number of ether oxygens (including phenoxy) is 1. The minimum Gasteiger partial charge on any atom is -0.496 e. The number of anilines is 1. The molecule has 2 aromatic rings. The predicted octanol–water partition coefficient (Wildman–Crippen LogP) is 2.40. The van der Waals surface area contributed by atoms with Gasteiger partial charge in [0.25, 0.3) is 5.69 Å². The van der Waals surface area contributed by atoms with Crippen LogP contribution in [-0.2, 0) is 11.3 Å². The molecule has 0 bridgehead atoms. The Morgan fingerprint density at radius 2 is 2.23 bits per heavy atom. The molecular weight excluding hydrogens is 312 g/mol. The summed E-state index contributed by atoms with van der Waals surface area (Å²) in [5, 5.41) is 17.9. The number of carbonyl (C=O) groups excluding carboxylic acids is 1. The fraction of sp³-hybridized carbons (Fsp3) is 0.231. The molecule has 0 spiro atoms. The van der Waals surface area contributed by atoms with Crippen LogP contribution < -0.4 is 10.1 Å². The van der Waals surface area contributed by atoms with Crippen molar-refractivity contribution >= 4 is 28.9 Å². The van der Waals surface area contributed by atoms with E-state index in [2.05, 4.69) is 10.4 Å². The molecule has 1 aromatic carbocycles. The molecule has 0 radical (unpaired) electrons. The molecule has 1 aromatic heterocycles. The van der Waals surface area contributed by atoms with Crippen LogP contribution in [0.1, 0.15) is 5.69 Å². The van der Waals surface area contributed by atoms with Crippen molar-refractivity contribution < 1.29 is 14.5 Å². The van der Waals surface area contributed by atoms with E-state index >= 15 is 0 Å². The van der Waals surface area contributed by atoms with Gasteiger partial charge in [0.1, 0.15) is 12.3 Å². The number of methoxy groups -OCH3 is 1. The van der Waals surface area contributed by atoms with Crippen LogP contribution >= 0.6 is 11.6 Å². The lowest BCUT2D eigenvalue weighted by molar-refractivity contribution is -0.384. The normalized spacial score (nSPS) is 10.3. The van der Waals surface area contributed by atoms with E-state index in [1.54, 1.807) is 6.92 Å². The third-order valence-electron chi connectivity index (χ3n) is 2.96. The van der Waals surface area contributed by atoms with Gasteiger partial charge in [-0.2, -0.15) is 5.10 Å². The van der Waals surface area contributed by atoms with E-state index in [0.717, 1.165) is 0 Å². The zero-order valence-electron chi connectivity index (χ0n) is 11.9. The summed E-state index contributed by atoms with van der Waals surface area (Å²) in [7, 11) is 1.39. The van der Waals surface area contributed by atoms with E-state index in [1.165, 1.54) is 36.2 Å². The molecule has 0 aliphatic rings. The standard InChI is InChI=1S/C13H13ClN4O4/c1-8-12(14)6-15-17(8)7-13(19)16-9-3-10(18(20)21)5-11(4-9)22-2/h3-6H,7H2,1-2H3,(H,16,19). The highest BCUT2D eigenvalue weighted by atomic mass is 35.5. The molecule has 9 heteroatoms. The van der Waals surface area contributed by atoms with Crippen molar-refractivity contribution in [3.63, 3.8) is 0 Å². The minimum atomic E-state index is -0.560. The highest BCUT2D eigenvalue weighted by molar-refractivity contribution is 6.31. The van der Waals surface area contributed by atoms with Crippen molar-refractivity contribution in [2.45, 2.75) is 13.5 Å². The number of nitrogens with zero attached hydrogens (tertiary/aromatic N) is 3. The van der Waals surface area contributed by atoms with E-state index in [0.29, 0.717) is 10.7 Å². The summed E-state index contributed by atoms with van der Waals surface area (Å²) in [6.07, 6.45) is 1.44. The number of rotatable bonds is 5. The molecule has 2 rings (SSSR count). The van der Waals surface area contributed by atoms with Gasteiger partial charge in [-0.3, -0.25) is 19.6 Å². The number of nitro benzene ring substituents is 1. The molecular formula is C13H13ClN4O4. The van der Waals surface area contributed by atoms with Crippen LogP contribution in [0.4, 0.5) is 11.4 Å². The number of nitrogens with one attached hydrogen (secondary N) is 1. The van der Waals surface area contributed by atoms with Gasteiger partial charge in [-0.15, -0.1) is 0 Å². The molecule has 0 unspecified atom stereocenters. The van der Waals surface area contributed by atoms with Crippen LogP contribution in [-0.4, -0.2) is 27.7 Å². The second kappa shape index (κ2) is 6.44. The summed E-state index contributed by atoms with van der Waals surface area (Å²) in [6, 6.07) is 4.02. The second-order valence-electron chi connectivity index (χ2n) is 4.46. The molecule has 0 aliphatic carbocycles. The van der Waals surface area contributed by atoms with Gasteiger partial charge in [0.15, 0.2) is 0 Å². The monoisotopic (exact) mass is 324 g/mol. The highest BCUT2D eigenvalue weighted by Crippen LogP contribution is 2.25. The molecule has 1 heterocycles. The minimum absolute atomic E-state index is 0.0520. The first-order valence-electron chi connectivity index (χ1n) is 6.22. The Labute approximate surface area is 130 Å². The van der Waals surface area contributed by atoms with Crippen molar-refractivity contribution in [2.75, 3.05) is 12.4 Å². The summed E-state index contributed by atoms with van der Waals surface area (Å²) >= 11 is 5.86. The fourth-order valence-corrected chi connectivity index (χ4v) is 1.94. The molecule has 0 saturated heterocycles. The molecule has 22 heavy (non-hydrogen) atoms. The van der Waals surface area contributed by atoms with Gasteiger partial charge in [-0.1, -0.05) is 11.6 Å². The number of hydrogen-bond donors (Lipinski definition) is 1. The van der Waals surface area contributed by atoms with Crippen LogP contribution in [0, 0.1) is 17.0 Å². The number of carbonyl (C=O) groups is 1. The average molecular weight is 325 g/mol. The van der Waals surface area contributed by atoms with Crippen LogP contribution in [0.15, 0.2) is 24.4 Å². The molecule has 8 nitrogen and oxygen atoms in total. The van der Waals surface area contributed by atoms with Crippen LogP contribution in [0.2, 0.25) is 5.02 Å². The van der Waals surface area contributed by atoms with Gasteiger partial charge < -0.3 is 10.1 Å². The third-order valence-corrected chi connectivity index (χ3v) is 3.33. The van der Waals surface area contributed by atoms with Crippen molar-refractivity contribution in [1.82, 2.24) is 9.78 Å². The van der Waals surface area contributed by atoms with E-state index in [1.807, 2.05) is 0 Å². The van der Waals surface area contributed by atoms with Crippen molar-refractivity contribution in [3.05, 3.63) is 45.2 Å². The maximum Gasteiger partial charge on any atom is 0.275 e. The van der Waals surface area contributed by atoms with Gasteiger partial charge in [0.05, 0.1) is 40.7 Å². The zero-order chi connectivity index (χ0) is 16.3. The zero-order valence-corrected chi connectivity index (χ0v) is 12.6. The number of halogens is 1. The van der Waals surface area contributed by atoms with E-state index < -0.39 is 4.92 Å². The second-order valence-corrected chi connectivity index (χ2v) is 4.87. The fourth-order valence-electron chi connectivity index (χ4n) is 1.80. The van der Waals surface area contributed by atoms with E-state index in [9.17, 15) is 14.9 Å². The third kappa shape index (κ3) is 3.53. The number of aromatic nitrogens is 2. The van der Waals surface area contributed by atoms with E-state index in [4.69, 9.17) is 16.3 Å². The summed E-state index contributed by atoms with van der Waals surface area (Å²) in [4.78, 5) is 22.3. The predicted molar refractivity (Wildman–Crippen MR) is 80.3 cm³/mol. The van der Waals surface area contributed by atoms with Crippen molar-refractivity contribution in [3.8, 4) is 5.75 Å². The first-order chi connectivity index (χ1) is 10.4. The number of nitro groups is 1. The molecule has 0 saturated carbocycles. The maximum atomic E-state index is 12.0. The Bertz CT molecular complexity index is 729. The summed E-state index contributed by atoms with van der Waals surface area (Å²) in [5.41, 5.74) is 0.758. The summed E-state index contributed by atoms with van der Waals surface area (Å²) < 4.78 is 6.41. The summed E-state index contributed by atoms with van der Waals surface area (Å²) in [5.74, 6) is -0.103. The van der Waals surface area contributed by atoms with Crippen molar-refractivity contribution in [1.29, 1.82) is 0 Å². The Balaban J connectivity index is 2.15. The molecule has 1 amide bonds. The van der Waals surface area contributed by atoms with Crippen LogP contribution in [0.5, 0.6) is 5.75 Å². The Morgan fingerprint density at radius 1 is 1.50 bits per heavy atom. The summed E-state index contributed by atoms with van der Waals surface area (Å²) in [6.45, 7) is 1.68. The maximum absolute atomic E-state index is 12.0. The topological polar surface area (TPSA) is 99.3 Å². The lowest BCUT2D eigenvalue weighted by atomic mass is 10.2. The lowest BCUT2D eigenvalue weighted by Gasteiger charge is -2.08. The quantitative estimate of drug-likeness (QED) is 0.672. The highest BCUT2D eigenvalue weighted by Gasteiger charge is 2.13. The van der Waals surface area contributed by atoms with E-state index in [-0.39, 0.29) is 29.6 Å². The Kier molecular flexibility index (Phi) is 4.62. The first kappa shape index (κ1) is 15.8. The SMILES string of the molecule is COc1cc(NC(=O)Cn2ncc(Cl)c2C)cc([N+](=O)[O-])c1. The molecule has 0 aliphatic heterocycles. The van der Waals surface area contributed by atoms with Crippen LogP contribution in [0.3, 0.4) is 0 Å². The number of non-ortho nitro benzene ring substituents is 1. The van der Waals surface area contributed by atoms with Gasteiger partial charge >= 0.3 is 0 Å². The van der Waals surface area contributed by atoms with Gasteiger partial charge in [0, 0.05) is 12.1 Å². The smallest absolute Gasteiger partial charge is 0.275 e. The molecule has 0 atom stereocenters.